The third-order valence-electron chi connectivity index (χ3n) is 2.11. The van der Waals surface area contributed by atoms with Gasteiger partial charge in [0.1, 0.15) is 0 Å². The normalized spacial score (nSPS) is 14.4. The summed E-state index contributed by atoms with van der Waals surface area (Å²) in [6, 6.07) is 5.53. The molecule has 2 unspecified atom stereocenters. The molecule has 0 aliphatic rings. The van der Waals surface area contributed by atoms with Gasteiger partial charge >= 0.3 is 5.97 Å². The summed E-state index contributed by atoms with van der Waals surface area (Å²) in [4.78, 5) is 14.8. The Morgan fingerprint density at radius 3 is 2.81 bits per heavy atom. The Morgan fingerprint density at radius 1 is 1.56 bits per heavy atom. The van der Waals surface area contributed by atoms with Gasteiger partial charge in [-0.2, -0.15) is 0 Å². The van der Waals surface area contributed by atoms with Crippen LogP contribution in [0.2, 0.25) is 0 Å². The van der Waals surface area contributed by atoms with Gasteiger partial charge in [0.05, 0.1) is 17.4 Å². The van der Waals surface area contributed by atoms with E-state index in [0.717, 1.165) is 11.4 Å². The summed E-state index contributed by atoms with van der Waals surface area (Å²) in [5, 5.41) is 8.69. The molecule has 5 heteroatoms. The van der Waals surface area contributed by atoms with E-state index in [-0.39, 0.29) is 5.75 Å². The minimum atomic E-state index is -1.17. The van der Waals surface area contributed by atoms with Crippen LogP contribution in [0.3, 0.4) is 0 Å². The van der Waals surface area contributed by atoms with Crippen molar-refractivity contribution in [2.45, 2.75) is 19.6 Å². The average molecular weight is 241 g/mol. The first kappa shape index (κ1) is 12.8. The van der Waals surface area contributed by atoms with E-state index >= 15 is 0 Å². The highest BCUT2D eigenvalue weighted by atomic mass is 32.2. The number of rotatable bonds is 5. The quantitative estimate of drug-likeness (QED) is 0.845. The zero-order valence-electron chi connectivity index (χ0n) is 9.34. The number of aryl methyl sites for hydroxylation is 1. The van der Waals surface area contributed by atoms with Crippen LogP contribution in [0.4, 0.5) is 0 Å². The highest BCUT2D eigenvalue weighted by Crippen LogP contribution is 2.05. The number of nitrogens with zero attached hydrogens (tertiary/aromatic N) is 1. The van der Waals surface area contributed by atoms with Crippen LogP contribution >= 0.6 is 0 Å². The van der Waals surface area contributed by atoms with Crippen molar-refractivity contribution in [2.75, 3.05) is 5.75 Å². The van der Waals surface area contributed by atoms with Crippen LogP contribution in [-0.4, -0.2) is 26.0 Å². The lowest BCUT2D eigenvalue weighted by atomic mass is 10.2. The summed E-state index contributed by atoms with van der Waals surface area (Å²) in [5.41, 5.74) is 1.62. The molecule has 0 fully saturated rings. The first-order chi connectivity index (χ1) is 7.49. The largest absolute Gasteiger partial charge is 0.481 e. The maximum Gasteiger partial charge on any atom is 0.307 e. The first-order valence-electron chi connectivity index (χ1n) is 4.99. The molecule has 1 rings (SSSR count). The van der Waals surface area contributed by atoms with E-state index in [9.17, 15) is 9.00 Å². The van der Waals surface area contributed by atoms with E-state index in [2.05, 4.69) is 4.98 Å². The Morgan fingerprint density at radius 2 is 2.25 bits per heavy atom. The third kappa shape index (κ3) is 4.10. The molecule has 4 nitrogen and oxygen atoms in total. The van der Waals surface area contributed by atoms with Gasteiger partial charge < -0.3 is 5.11 Å². The SMILES string of the molecule is Cc1cccc(CS(=O)CC(C)C(=O)O)n1. The highest BCUT2D eigenvalue weighted by Gasteiger charge is 2.15. The van der Waals surface area contributed by atoms with Gasteiger partial charge in [-0.05, 0) is 19.1 Å². The third-order valence-corrected chi connectivity index (χ3v) is 3.60. The molecule has 2 atom stereocenters. The van der Waals surface area contributed by atoms with Crippen molar-refractivity contribution in [3.05, 3.63) is 29.6 Å². The summed E-state index contributed by atoms with van der Waals surface area (Å²) in [7, 11) is -1.17. The molecule has 0 aliphatic heterocycles. The predicted octanol–water partition coefficient (Wildman–Crippen LogP) is 1.36. The van der Waals surface area contributed by atoms with Crippen LogP contribution in [0.25, 0.3) is 0 Å². The monoisotopic (exact) mass is 241 g/mol. The highest BCUT2D eigenvalue weighted by molar-refractivity contribution is 7.84. The van der Waals surface area contributed by atoms with Crippen molar-refractivity contribution in [1.29, 1.82) is 0 Å². The average Bonchev–Trinajstić information content (AvgIpc) is 2.16. The lowest BCUT2D eigenvalue weighted by Gasteiger charge is -2.06. The predicted molar refractivity (Wildman–Crippen MR) is 62.5 cm³/mol. The molecular formula is C11H15NO3S. The van der Waals surface area contributed by atoms with E-state index in [1.165, 1.54) is 0 Å². The van der Waals surface area contributed by atoms with E-state index in [0.29, 0.717) is 5.75 Å². The number of carboxylic acids is 1. The van der Waals surface area contributed by atoms with Gasteiger partial charge in [0.25, 0.3) is 0 Å². The summed E-state index contributed by atoms with van der Waals surface area (Å²) in [6.45, 7) is 3.43. The molecular weight excluding hydrogens is 226 g/mol. The van der Waals surface area contributed by atoms with E-state index < -0.39 is 22.7 Å². The molecule has 0 saturated heterocycles. The van der Waals surface area contributed by atoms with Crippen LogP contribution in [0.5, 0.6) is 0 Å². The number of aromatic nitrogens is 1. The van der Waals surface area contributed by atoms with E-state index in [1.807, 2.05) is 19.1 Å². The van der Waals surface area contributed by atoms with Crippen molar-refractivity contribution >= 4 is 16.8 Å². The second-order valence-electron chi connectivity index (χ2n) is 3.76. The fourth-order valence-corrected chi connectivity index (χ4v) is 2.56. The van der Waals surface area contributed by atoms with Crippen LogP contribution in [0.1, 0.15) is 18.3 Å². The van der Waals surface area contributed by atoms with Gasteiger partial charge in [0, 0.05) is 22.2 Å². The molecule has 1 aromatic heterocycles. The molecule has 1 N–H and O–H groups in total. The maximum absolute atomic E-state index is 11.6. The Balaban J connectivity index is 2.55. The van der Waals surface area contributed by atoms with Crippen molar-refractivity contribution in [3.8, 4) is 0 Å². The molecule has 1 heterocycles. The van der Waals surface area contributed by atoms with Crippen LogP contribution in [0.15, 0.2) is 18.2 Å². The summed E-state index contributed by atoms with van der Waals surface area (Å²) in [5.74, 6) is -0.999. The molecule has 88 valence electrons. The maximum atomic E-state index is 11.6. The van der Waals surface area contributed by atoms with Crippen molar-refractivity contribution < 1.29 is 14.1 Å². The zero-order valence-corrected chi connectivity index (χ0v) is 10.2. The zero-order chi connectivity index (χ0) is 12.1. The van der Waals surface area contributed by atoms with Crippen LogP contribution < -0.4 is 0 Å². The fraction of sp³-hybridized carbons (Fsp3) is 0.455. The molecule has 0 saturated carbocycles. The molecule has 0 spiro atoms. The second-order valence-corrected chi connectivity index (χ2v) is 5.26. The lowest BCUT2D eigenvalue weighted by Crippen LogP contribution is -2.18. The standard InChI is InChI=1S/C11H15NO3S/c1-8(11(13)14)6-16(15)7-10-5-3-4-9(2)12-10/h3-5,8H,6-7H2,1-2H3,(H,13,14). The van der Waals surface area contributed by atoms with Gasteiger partial charge in [-0.25, -0.2) is 0 Å². The Bertz CT molecular complexity index is 406. The molecule has 1 aromatic rings. The Kier molecular flexibility index (Phi) is 4.61. The fourth-order valence-electron chi connectivity index (χ4n) is 1.25. The second kappa shape index (κ2) is 5.75. The van der Waals surface area contributed by atoms with Crippen molar-refractivity contribution in [1.82, 2.24) is 4.98 Å². The minimum Gasteiger partial charge on any atom is -0.481 e. The lowest BCUT2D eigenvalue weighted by molar-refractivity contribution is -0.140. The van der Waals surface area contributed by atoms with E-state index in [4.69, 9.17) is 5.11 Å². The summed E-state index contributed by atoms with van der Waals surface area (Å²) < 4.78 is 11.6. The topological polar surface area (TPSA) is 67.3 Å². The molecule has 0 aromatic carbocycles. The molecule has 0 amide bonds. The van der Waals surface area contributed by atoms with Gasteiger partial charge in [-0.3, -0.25) is 14.0 Å². The summed E-state index contributed by atoms with van der Waals surface area (Å²) in [6.07, 6.45) is 0. The number of hydrogen-bond acceptors (Lipinski definition) is 3. The first-order valence-corrected chi connectivity index (χ1v) is 6.48. The van der Waals surface area contributed by atoms with E-state index in [1.54, 1.807) is 13.0 Å². The molecule has 0 aliphatic carbocycles. The van der Waals surface area contributed by atoms with Crippen LogP contribution in [0, 0.1) is 12.8 Å². The molecule has 0 bridgehead atoms. The minimum absolute atomic E-state index is 0.172. The Hall–Kier alpha value is -1.23. The number of aliphatic carboxylic acids is 1. The van der Waals surface area contributed by atoms with Gasteiger partial charge in [-0.1, -0.05) is 13.0 Å². The number of hydrogen-bond donors (Lipinski definition) is 1. The van der Waals surface area contributed by atoms with Gasteiger partial charge in [0.2, 0.25) is 0 Å². The molecule has 0 radical (unpaired) electrons. The van der Waals surface area contributed by atoms with Crippen molar-refractivity contribution in [3.63, 3.8) is 0 Å². The Labute approximate surface area is 97.2 Å². The summed E-state index contributed by atoms with van der Waals surface area (Å²) >= 11 is 0. The molecule has 16 heavy (non-hydrogen) atoms. The van der Waals surface area contributed by atoms with Gasteiger partial charge in [0.15, 0.2) is 0 Å². The van der Waals surface area contributed by atoms with Gasteiger partial charge in [-0.15, -0.1) is 0 Å². The smallest absolute Gasteiger partial charge is 0.307 e. The van der Waals surface area contributed by atoms with Crippen LogP contribution in [-0.2, 0) is 21.3 Å². The number of carbonyl (C=O) groups is 1. The van der Waals surface area contributed by atoms with Crippen molar-refractivity contribution in [2.24, 2.45) is 5.92 Å². The number of pyridine rings is 1. The number of carboxylic acid groups (broad SMARTS) is 1.